The van der Waals surface area contributed by atoms with Crippen LogP contribution in [0.15, 0.2) is 34.5 Å². The number of hydrogen-bond acceptors (Lipinski definition) is 2. The van der Waals surface area contributed by atoms with E-state index in [1.54, 1.807) is 0 Å². The second-order valence-corrected chi connectivity index (χ2v) is 8.13. The van der Waals surface area contributed by atoms with E-state index in [2.05, 4.69) is 72.0 Å². The van der Waals surface area contributed by atoms with E-state index in [1.165, 1.54) is 46.6 Å². The van der Waals surface area contributed by atoms with Gasteiger partial charge < -0.3 is 5.32 Å². The summed E-state index contributed by atoms with van der Waals surface area (Å²) >= 11 is 0. The highest BCUT2D eigenvalue weighted by Crippen LogP contribution is 2.36. The van der Waals surface area contributed by atoms with Gasteiger partial charge in [0.2, 0.25) is 0 Å². The highest BCUT2D eigenvalue weighted by Gasteiger charge is 2.27. The molecule has 0 aromatic heterocycles. The second kappa shape index (κ2) is 8.69. The highest BCUT2D eigenvalue weighted by molar-refractivity contribution is 6.07. The van der Waals surface area contributed by atoms with Gasteiger partial charge in [-0.15, -0.1) is 0 Å². The first-order chi connectivity index (χ1) is 11.9. The predicted octanol–water partition coefficient (Wildman–Crippen LogP) is 6.90. The Hall–Kier alpha value is -1.57. The third-order valence-corrected chi connectivity index (χ3v) is 5.18. The SMILES string of the molecule is CCCCN=C1C(Nc2c(C(C)C)cccc2C(C)C)=C(C)CC1C. The number of hydrogen-bond donors (Lipinski definition) is 1. The summed E-state index contributed by atoms with van der Waals surface area (Å²) in [6.45, 7) is 16.8. The molecule has 138 valence electrons. The zero-order chi connectivity index (χ0) is 18.6. The largest absolute Gasteiger partial charge is 0.354 e. The van der Waals surface area contributed by atoms with Crippen LogP contribution in [0.3, 0.4) is 0 Å². The van der Waals surface area contributed by atoms with Crippen LogP contribution in [-0.2, 0) is 0 Å². The Morgan fingerprint density at radius 1 is 1.12 bits per heavy atom. The first kappa shape index (κ1) is 19.8. The minimum atomic E-state index is 0.501. The fraction of sp³-hybridized carbons (Fsp3) is 0.609. The van der Waals surface area contributed by atoms with E-state index in [4.69, 9.17) is 4.99 Å². The van der Waals surface area contributed by atoms with Gasteiger partial charge in [-0.2, -0.15) is 0 Å². The molecule has 0 radical (unpaired) electrons. The van der Waals surface area contributed by atoms with Crippen molar-refractivity contribution >= 4 is 11.4 Å². The maximum atomic E-state index is 4.97. The van der Waals surface area contributed by atoms with E-state index in [0.717, 1.165) is 13.0 Å². The standard InChI is InChI=1S/C23H36N2/c1-8-9-13-24-21-17(6)14-18(7)22(21)25-23-19(15(2)3)11-10-12-20(23)16(4)5/h10-12,15-17,25H,8-9,13-14H2,1-7H3. The Morgan fingerprint density at radius 3 is 2.24 bits per heavy atom. The smallest absolute Gasteiger partial charge is 0.0613 e. The zero-order valence-corrected chi connectivity index (χ0v) is 17.2. The van der Waals surface area contributed by atoms with Crippen molar-refractivity contribution in [3.05, 3.63) is 40.6 Å². The molecule has 0 fully saturated rings. The van der Waals surface area contributed by atoms with Gasteiger partial charge in [0.15, 0.2) is 0 Å². The van der Waals surface area contributed by atoms with Gasteiger partial charge in [0.1, 0.15) is 0 Å². The van der Waals surface area contributed by atoms with E-state index in [0.29, 0.717) is 17.8 Å². The summed E-state index contributed by atoms with van der Waals surface area (Å²) in [5, 5.41) is 3.85. The Balaban J connectivity index is 2.43. The Bertz CT molecular complexity index is 624. The average molecular weight is 341 g/mol. The Kier molecular flexibility index (Phi) is 6.87. The predicted molar refractivity (Wildman–Crippen MR) is 112 cm³/mol. The summed E-state index contributed by atoms with van der Waals surface area (Å²) in [6.07, 6.45) is 3.49. The van der Waals surface area contributed by atoms with Gasteiger partial charge in [-0.1, -0.05) is 66.2 Å². The van der Waals surface area contributed by atoms with Crippen molar-refractivity contribution < 1.29 is 0 Å². The summed E-state index contributed by atoms with van der Waals surface area (Å²) in [5.41, 5.74) is 8.10. The van der Waals surface area contributed by atoms with Crippen molar-refractivity contribution in [2.24, 2.45) is 10.9 Å². The van der Waals surface area contributed by atoms with Crippen LogP contribution in [-0.4, -0.2) is 12.3 Å². The monoisotopic (exact) mass is 340 g/mol. The van der Waals surface area contributed by atoms with Crippen LogP contribution in [0.25, 0.3) is 0 Å². The van der Waals surface area contributed by atoms with E-state index in [1.807, 2.05) is 0 Å². The molecule has 1 aromatic rings. The van der Waals surface area contributed by atoms with Gasteiger partial charge in [-0.3, -0.25) is 4.99 Å². The Morgan fingerprint density at radius 2 is 1.72 bits per heavy atom. The van der Waals surface area contributed by atoms with Gasteiger partial charge in [0.05, 0.1) is 11.4 Å². The van der Waals surface area contributed by atoms with Crippen LogP contribution in [0, 0.1) is 5.92 Å². The molecule has 1 N–H and O–H groups in total. The molecule has 2 heteroatoms. The summed E-state index contributed by atoms with van der Waals surface area (Å²) in [5.74, 6) is 1.52. The van der Waals surface area contributed by atoms with Crippen LogP contribution in [0.1, 0.15) is 90.7 Å². The van der Waals surface area contributed by atoms with Crippen molar-refractivity contribution in [2.45, 2.75) is 79.6 Å². The molecule has 0 bridgehead atoms. The van der Waals surface area contributed by atoms with Crippen molar-refractivity contribution in [3.63, 3.8) is 0 Å². The summed E-state index contributed by atoms with van der Waals surface area (Å²) in [4.78, 5) is 4.97. The molecule has 1 unspecified atom stereocenters. The normalized spacial score (nSPS) is 19.6. The number of benzene rings is 1. The van der Waals surface area contributed by atoms with E-state index in [-0.39, 0.29) is 0 Å². The number of nitrogens with zero attached hydrogens (tertiary/aromatic N) is 1. The van der Waals surface area contributed by atoms with Gasteiger partial charge in [-0.25, -0.2) is 0 Å². The number of anilines is 1. The average Bonchev–Trinajstić information content (AvgIpc) is 2.81. The molecule has 1 atom stereocenters. The highest BCUT2D eigenvalue weighted by atomic mass is 14.9. The molecule has 0 saturated carbocycles. The number of nitrogens with one attached hydrogen (secondary N) is 1. The number of rotatable bonds is 7. The number of para-hydroxylation sites is 1. The molecule has 0 saturated heterocycles. The summed E-state index contributed by atoms with van der Waals surface area (Å²) in [6, 6.07) is 6.73. The number of aliphatic imine (C=N–C) groups is 1. The zero-order valence-electron chi connectivity index (χ0n) is 17.2. The lowest BCUT2D eigenvalue weighted by molar-refractivity contribution is 0.765. The van der Waals surface area contributed by atoms with Crippen LogP contribution < -0.4 is 5.32 Å². The van der Waals surface area contributed by atoms with Gasteiger partial charge in [0, 0.05) is 18.2 Å². The first-order valence-electron chi connectivity index (χ1n) is 10.0. The summed E-state index contributed by atoms with van der Waals surface area (Å²) in [7, 11) is 0. The quantitative estimate of drug-likeness (QED) is 0.536. The van der Waals surface area contributed by atoms with Crippen molar-refractivity contribution in [3.8, 4) is 0 Å². The lowest BCUT2D eigenvalue weighted by Crippen LogP contribution is -2.16. The van der Waals surface area contributed by atoms with Crippen molar-refractivity contribution in [1.82, 2.24) is 0 Å². The minimum Gasteiger partial charge on any atom is -0.354 e. The fourth-order valence-corrected chi connectivity index (χ4v) is 3.71. The minimum absolute atomic E-state index is 0.501. The molecule has 2 nitrogen and oxygen atoms in total. The maximum absolute atomic E-state index is 4.97. The fourth-order valence-electron chi connectivity index (χ4n) is 3.71. The third-order valence-electron chi connectivity index (χ3n) is 5.18. The molecular weight excluding hydrogens is 304 g/mol. The molecule has 1 aliphatic rings. The molecule has 0 amide bonds. The lowest BCUT2D eigenvalue weighted by Gasteiger charge is -2.22. The number of allylic oxidation sites excluding steroid dienone is 2. The van der Waals surface area contributed by atoms with Crippen LogP contribution in [0.4, 0.5) is 5.69 Å². The van der Waals surface area contributed by atoms with Crippen molar-refractivity contribution in [2.75, 3.05) is 11.9 Å². The molecule has 2 rings (SSSR count). The van der Waals surface area contributed by atoms with Crippen LogP contribution >= 0.6 is 0 Å². The molecule has 1 aromatic carbocycles. The summed E-state index contributed by atoms with van der Waals surface area (Å²) < 4.78 is 0. The Labute approximate surface area is 154 Å². The van der Waals surface area contributed by atoms with Gasteiger partial charge in [-0.05, 0) is 48.3 Å². The van der Waals surface area contributed by atoms with Crippen LogP contribution in [0.5, 0.6) is 0 Å². The van der Waals surface area contributed by atoms with E-state index >= 15 is 0 Å². The van der Waals surface area contributed by atoms with Gasteiger partial charge in [0.25, 0.3) is 0 Å². The molecule has 0 aliphatic heterocycles. The third kappa shape index (κ3) is 4.54. The van der Waals surface area contributed by atoms with E-state index in [9.17, 15) is 0 Å². The van der Waals surface area contributed by atoms with E-state index < -0.39 is 0 Å². The van der Waals surface area contributed by atoms with Crippen LogP contribution in [0.2, 0.25) is 0 Å². The maximum Gasteiger partial charge on any atom is 0.0613 e. The molecule has 25 heavy (non-hydrogen) atoms. The topological polar surface area (TPSA) is 24.4 Å². The molecule has 0 heterocycles. The van der Waals surface area contributed by atoms with Crippen molar-refractivity contribution in [1.29, 1.82) is 0 Å². The first-order valence-corrected chi connectivity index (χ1v) is 10.0. The molecular formula is C23H36N2. The van der Waals surface area contributed by atoms with Gasteiger partial charge >= 0.3 is 0 Å². The second-order valence-electron chi connectivity index (χ2n) is 8.13. The number of unbranched alkanes of at least 4 members (excludes halogenated alkanes) is 1. The molecule has 1 aliphatic carbocycles. The lowest BCUT2D eigenvalue weighted by atomic mass is 9.92. The molecule has 0 spiro atoms.